The Morgan fingerprint density at radius 3 is 2.55 bits per heavy atom. The van der Waals surface area contributed by atoms with Gasteiger partial charge in [-0.2, -0.15) is 8.78 Å². The lowest BCUT2D eigenvalue weighted by Gasteiger charge is -2.24. The van der Waals surface area contributed by atoms with Crippen molar-refractivity contribution in [3.8, 4) is 5.75 Å². The van der Waals surface area contributed by atoms with Crippen molar-refractivity contribution >= 4 is 29.9 Å². The number of aliphatic imine (C=N–C) groups is 1. The summed E-state index contributed by atoms with van der Waals surface area (Å²) in [5, 5.41) is 17.0. The zero-order valence-electron chi connectivity index (χ0n) is 17.0. The molecule has 1 unspecified atom stereocenters. The molecule has 162 valence electrons. The van der Waals surface area contributed by atoms with Crippen LogP contribution in [0.5, 0.6) is 5.75 Å². The fourth-order valence-corrected chi connectivity index (χ4v) is 2.87. The minimum Gasteiger partial charge on any atom is -0.466 e. The van der Waals surface area contributed by atoms with E-state index in [1.807, 2.05) is 13.8 Å². The first-order valence-electron chi connectivity index (χ1n) is 9.07. The number of guanidine groups is 1. The first-order chi connectivity index (χ1) is 13.2. The van der Waals surface area contributed by atoms with Crippen LogP contribution in [0.4, 0.5) is 8.78 Å². The van der Waals surface area contributed by atoms with Gasteiger partial charge in [-0.05, 0) is 39.8 Å². The van der Waals surface area contributed by atoms with E-state index in [4.69, 9.17) is 4.42 Å². The number of nitrogens with zero attached hydrogens (tertiary/aromatic N) is 1. The third kappa shape index (κ3) is 7.46. The molecule has 0 amide bonds. The van der Waals surface area contributed by atoms with Crippen LogP contribution in [-0.4, -0.2) is 30.8 Å². The first kappa shape index (κ1) is 25.2. The Labute approximate surface area is 186 Å². The molecule has 0 aliphatic heterocycles. The van der Waals surface area contributed by atoms with E-state index in [1.54, 1.807) is 38.1 Å². The number of aryl methyl sites for hydroxylation is 2. The van der Waals surface area contributed by atoms with Crippen LogP contribution in [0.15, 0.2) is 39.7 Å². The zero-order valence-corrected chi connectivity index (χ0v) is 19.3. The number of hydrogen-bond donors (Lipinski definition) is 3. The fraction of sp³-hybridized carbons (Fsp3) is 0.450. The van der Waals surface area contributed by atoms with Gasteiger partial charge in [0.25, 0.3) is 0 Å². The predicted octanol–water partition coefficient (Wildman–Crippen LogP) is 4.08. The van der Waals surface area contributed by atoms with E-state index in [-0.39, 0.29) is 42.8 Å². The highest BCUT2D eigenvalue weighted by Gasteiger charge is 2.27. The largest absolute Gasteiger partial charge is 0.466 e. The van der Waals surface area contributed by atoms with Crippen LogP contribution in [0.25, 0.3) is 0 Å². The van der Waals surface area contributed by atoms with Crippen LogP contribution in [0.2, 0.25) is 0 Å². The van der Waals surface area contributed by atoms with Gasteiger partial charge in [-0.15, -0.1) is 24.0 Å². The van der Waals surface area contributed by atoms with Crippen molar-refractivity contribution < 1.29 is 23.0 Å². The van der Waals surface area contributed by atoms with Crippen molar-refractivity contribution in [2.45, 2.75) is 46.5 Å². The number of ether oxygens (including phenoxy) is 1. The maximum Gasteiger partial charge on any atom is 0.387 e. The van der Waals surface area contributed by atoms with Gasteiger partial charge in [-0.25, -0.2) is 4.99 Å². The van der Waals surface area contributed by atoms with Crippen LogP contribution >= 0.6 is 24.0 Å². The van der Waals surface area contributed by atoms with Crippen molar-refractivity contribution in [2.75, 3.05) is 13.1 Å². The summed E-state index contributed by atoms with van der Waals surface area (Å²) in [6.45, 7) is 5.26. The Balaban J connectivity index is 0.00000420. The van der Waals surface area contributed by atoms with Crippen LogP contribution in [0.3, 0.4) is 0 Å². The lowest BCUT2D eigenvalue weighted by molar-refractivity contribution is -0.0504. The van der Waals surface area contributed by atoms with Crippen molar-refractivity contribution in [1.29, 1.82) is 0 Å². The second-order valence-electron chi connectivity index (χ2n) is 6.64. The average molecular weight is 523 g/mol. The SMILES string of the molecule is CCNC(=NCc1ccccc1OC(F)F)NCC(C)(O)c1cc(C)oc1C.I. The van der Waals surface area contributed by atoms with E-state index in [2.05, 4.69) is 20.4 Å². The molecule has 2 aromatic rings. The Bertz CT molecular complexity index is 810. The van der Waals surface area contributed by atoms with Gasteiger partial charge >= 0.3 is 6.61 Å². The molecule has 0 aliphatic carbocycles. The molecule has 0 bridgehead atoms. The summed E-state index contributed by atoms with van der Waals surface area (Å²) in [7, 11) is 0. The van der Waals surface area contributed by atoms with Crippen molar-refractivity contribution in [3.63, 3.8) is 0 Å². The van der Waals surface area contributed by atoms with E-state index in [9.17, 15) is 13.9 Å². The van der Waals surface area contributed by atoms with E-state index < -0.39 is 12.2 Å². The molecule has 0 aliphatic rings. The summed E-state index contributed by atoms with van der Waals surface area (Å²) in [4.78, 5) is 4.41. The standard InChI is InChI=1S/C20H27F2N3O3.HI/c1-5-23-19(24-11-15-8-6-7-9-17(15)28-18(21)22)25-12-20(4,26)16-10-13(2)27-14(16)3;/h6-10,18,26H,5,11-12H2,1-4H3,(H2,23,24,25);1H. The maximum absolute atomic E-state index is 12.5. The van der Waals surface area contributed by atoms with Crippen LogP contribution in [0, 0.1) is 13.8 Å². The summed E-state index contributed by atoms with van der Waals surface area (Å²) < 4.78 is 35.1. The molecule has 1 atom stereocenters. The van der Waals surface area contributed by atoms with Crippen molar-refractivity contribution in [2.24, 2.45) is 4.99 Å². The maximum atomic E-state index is 12.5. The normalized spacial score (nSPS) is 13.6. The third-order valence-electron chi connectivity index (χ3n) is 4.16. The number of aliphatic hydroxyl groups is 1. The molecule has 1 heterocycles. The number of alkyl halides is 2. The average Bonchev–Trinajstić information content (AvgIpc) is 2.97. The van der Waals surface area contributed by atoms with Gasteiger partial charge < -0.3 is 24.9 Å². The fourth-order valence-electron chi connectivity index (χ4n) is 2.87. The Hall–Kier alpha value is -1.88. The molecule has 2 rings (SSSR count). The van der Waals surface area contributed by atoms with Gasteiger partial charge in [-0.3, -0.25) is 0 Å². The Kier molecular flexibility index (Phi) is 9.84. The Morgan fingerprint density at radius 1 is 1.28 bits per heavy atom. The molecule has 0 fully saturated rings. The topological polar surface area (TPSA) is 79.0 Å². The molecule has 0 saturated carbocycles. The van der Waals surface area contributed by atoms with Crippen molar-refractivity contribution in [3.05, 3.63) is 53.0 Å². The number of hydrogen-bond acceptors (Lipinski definition) is 4. The van der Waals surface area contributed by atoms with Gasteiger partial charge in [0.2, 0.25) is 0 Å². The number of furan rings is 1. The number of benzene rings is 1. The van der Waals surface area contributed by atoms with Gasteiger partial charge in [0.05, 0.1) is 13.1 Å². The van der Waals surface area contributed by atoms with E-state index in [0.29, 0.717) is 29.4 Å². The summed E-state index contributed by atoms with van der Waals surface area (Å²) >= 11 is 0. The number of rotatable bonds is 8. The van der Waals surface area contributed by atoms with Gasteiger partial charge in [0, 0.05) is 17.7 Å². The highest BCUT2D eigenvalue weighted by Crippen LogP contribution is 2.26. The molecule has 3 N–H and O–H groups in total. The number of halogens is 3. The monoisotopic (exact) mass is 523 g/mol. The number of nitrogens with one attached hydrogen (secondary N) is 2. The summed E-state index contributed by atoms with van der Waals surface area (Å²) in [5.74, 6) is 1.93. The van der Waals surface area contributed by atoms with Crippen LogP contribution < -0.4 is 15.4 Å². The smallest absolute Gasteiger partial charge is 0.387 e. The zero-order chi connectivity index (χ0) is 20.7. The van der Waals surface area contributed by atoms with Crippen LogP contribution in [-0.2, 0) is 12.1 Å². The summed E-state index contributed by atoms with van der Waals surface area (Å²) in [6.07, 6.45) is 0. The van der Waals surface area contributed by atoms with Crippen molar-refractivity contribution in [1.82, 2.24) is 10.6 Å². The summed E-state index contributed by atoms with van der Waals surface area (Å²) in [5.41, 5.74) is 0.0615. The lowest BCUT2D eigenvalue weighted by atomic mass is 9.96. The minimum atomic E-state index is -2.90. The second kappa shape index (κ2) is 11.3. The lowest BCUT2D eigenvalue weighted by Crippen LogP contribution is -2.44. The molecule has 6 nitrogen and oxygen atoms in total. The highest BCUT2D eigenvalue weighted by molar-refractivity contribution is 14.0. The highest BCUT2D eigenvalue weighted by atomic mass is 127. The quantitative estimate of drug-likeness (QED) is 0.276. The Morgan fingerprint density at radius 2 is 1.97 bits per heavy atom. The molecule has 29 heavy (non-hydrogen) atoms. The van der Waals surface area contributed by atoms with Gasteiger partial charge in [0.1, 0.15) is 22.9 Å². The van der Waals surface area contributed by atoms with E-state index >= 15 is 0 Å². The molecule has 1 aromatic carbocycles. The molecule has 0 radical (unpaired) electrons. The van der Waals surface area contributed by atoms with Gasteiger partial charge in [0.15, 0.2) is 5.96 Å². The predicted molar refractivity (Wildman–Crippen MR) is 119 cm³/mol. The number of para-hydroxylation sites is 1. The summed E-state index contributed by atoms with van der Waals surface area (Å²) in [6, 6.07) is 8.32. The molecule has 9 heteroatoms. The van der Waals surface area contributed by atoms with E-state index in [0.717, 1.165) is 5.76 Å². The van der Waals surface area contributed by atoms with Crippen LogP contribution in [0.1, 0.15) is 36.5 Å². The molecular weight excluding hydrogens is 495 g/mol. The molecule has 0 saturated heterocycles. The van der Waals surface area contributed by atoms with Gasteiger partial charge in [-0.1, -0.05) is 18.2 Å². The molecular formula is C20H28F2IN3O3. The third-order valence-corrected chi connectivity index (χ3v) is 4.16. The second-order valence-corrected chi connectivity index (χ2v) is 6.64. The molecule has 0 spiro atoms. The molecule has 1 aromatic heterocycles. The first-order valence-corrected chi connectivity index (χ1v) is 9.07. The minimum absolute atomic E-state index is 0. The van der Waals surface area contributed by atoms with E-state index in [1.165, 1.54) is 6.07 Å².